The Hall–Kier alpha value is -2.09. The zero-order valence-electron chi connectivity index (χ0n) is 13.1. The third-order valence-electron chi connectivity index (χ3n) is 3.56. The first-order chi connectivity index (χ1) is 11.5. The van der Waals surface area contributed by atoms with Crippen molar-refractivity contribution in [2.75, 3.05) is 12.4 Å². The van der Waals surface area contributed by atoms with E-state index in [1.165, 1.54) is 0 Å². The van der Waals surface area contributed by atoms with Crippen LogP contribution in [0.1, 0.15) is 12.0 Å². The van der Waals surface area contributed by atoms with Crippen LogP contribution < -0.4 is 15.2 Å². The maximum atomic E-state index is 12.5. The van der Waals surface area contributed by atoms with E-state index in [9.17, 15) is 14.7 Å². The van der Waals surface area contributed by atoms with Crippen LogP contribution >= 0.6 is 22.6 Å². The standard InChI is InChI=1S/C18H18INO4/c1-24-14-8-6-12(7-9-14)10-13(11-17(21)22)18(23)20-16-5-3-2-4-15(16)19/h2-9,13H,10-11H2,1H3,(H,20,23)(H,21,22)/p-1/t13-/m1/s1. The van der Waals surface area contributed by atoms with Crippen LogP contribution in [-0.2, 0) is 16.0 Å². The zero-order valence-corrected chi connectivity index (χ0v) is 15.3. The maximum absolute atomic E-state index is 12.5. The molecule has 0 aliphatic carbocycles. The number of carbonyl (C=O) groups excluding carboxylic acids is 2. The van der Waals surface area contributed by atoms with Gasteiger partial charge in [0.15, 0.2) is 0 Å². The molecule has 6 heteroatoms. The Morgan fingerprint density at radius 2 is 1.83 bits per heavy atom. The van der Waals surface area contributed by atoms with E-state index in [-0.39, 0.29) is 12.3 Å². The maximum Gasteiger partial charge on any atom is 0.228 e. The summed E-state index contributed by atoms with van der Waals surface area (Å²) in [6, 6.07) is 14.5. The fourth-order valence-corrected chi connectivity index (χ4v) is 2.82. The van der Waals surface area contributed by atoms with E-state index >= 15 is 0 Å². The van der Waals surface area contributed by atoms with E-state index in [0.29, 0.717) is 17.9 Å². The Bertz CT molecular complexity index is 715. The van der Waals surface area contributed by atoms with Crippen molar-refractivity contribution < 1.29 is 19.4 Å². The molecule has 5 nitrogen and oxygen atoms in total. The number of aliphatic carboxylic acids is 1. The highest BCUT2D eigenvalue weighted by atomic mass is 127. The number of anilines is 1. The first kappa shape index (κ1) is 18.3. The van der Waals surface area contributed by atoms with Gasteiger partial charge in [-0.15, -0.1) is 0 Å². The zero-order chi connectivity index (χ0) is 17.5. The second kappa shape index (κ2) is 8.68. The van der Waals surface area contributed by atoms with Crippen LogP contribution in [0.4, 0.5) is 5.69 Å². The normalized spacial score (nSPS) is 11.6. The lowest BCUT2D eigenvalue weighted by atomic mass is 9.95. The molecule has 2 rings (SSSR count). The molecule has 1 atom stereocenters. The van der Waals surface area contributed by atoms with Gasteiger partial charge in [0.2, 0.25) is 5.91 Å². The van der Waals surface area contributed by atoms with Gasteiger partial charge in [-0.05, 0) is 65.3 Å². The lowest BCUT2D eigenvalue weighted by Crippen LogP contribution is -2.32. The Labute approximate surface area is 154 Å². The molecule has 0 aliphatic heterocycles. The molecule has 0 heterocycles. The van der Waals surface area contributed by atoms with E-state index < -0.39 is 11.9 Å². The summed E-state index contributed by atoms with van der Waals surface area (Å²) in [6.45, 7) is 0. The molecule has 1 amide bonds. The molecule has 1 N–H and O–H groups in total. The highest BCUT2D eigenvalue weighted by molar-refractivity contribution is 14.1. The predicted molar refractivity (Wildman–Crippen MR) is 97.6 cm³/mol. The van der Waals surface area contributed by atoms with Gasteiger partial charge in [0, 0.05) is 15.5 Å². The van der Waals surface area contributed by atoms with Crippen LogP contribution in [0.5, 0.6) is 5.75 Å². The number of amides is 1. The molecular formula is C18H17INO4-. The molecule has 0 aromatic heterocycles. The van der Waals surface area contributed by atoms with E-state index in [4.69, 9.17) is 4.74 Å². The van der Waals surface area contributed by atoms with Crippen molar-refractivity contribution in [3.05, 3.63) is 57.7 Å². The summed E-state index contributed by atoms with van der Waals surface area (Å²) in [7, 11) is 1.57. The number of carbonyl (C=O) groups is 2. The fourth-order valence-electron chi connectivity index (χ4n) is 2.30. The van der Waals surface area contributed by atoms with E-state index in [1.54, 1.807) is 25.3 Å². The van der Waals surface area contributed by atoms with Crippen molar-refractivity contribution in [3.63, 3.8) is 0 Å². The van der Waals surface area contributed by atoms with Crippen LogP contribution in [0.2, 0.25) is 0 Å². The Morgan fingerprint density at radius 1 is 1.17 bits per heavy atom. The lowest BCUT2D eigenvalue weighted by molar-refractivity contribution is -0.306. The monoisotopic (exact) mass is 438 g/mol. The lowest BCUT2D eigenvalue weighted by Gasteiger charge is -2.18. The van der Waals surface area contributed by atoms with Crippen LogP contribution in [0, 0.1) is 9.49 Å². The summed E-state index contributed by atoms with van der Waals surface area (Å²) in [6.07, 6.45) is -0.0193. The van der Waals surface area contributed by atoms with Crippen molar-refractivity contribution in [2.45, 2.75) is 12.8 Å². The van der Waals surface area contributed by atoms with Crippen molar-refractivity contribution in [2.24, 2.45) is 5.92 Å². The van der Waals surface area contributed by atoms with Gasteiger partial charge < -0.3 is 20.0 Å². The average molecular weight is 438 g/mol. The van der Waals surface area contributed by atoms with Gasteiger partial charge in [-0.1, -0.05) is 24.3 Å². The van der Waals surface area contributed by atoms with Crippen LogP contribution in [0.25, 0.3) is 0 Å². The number of para-hydroxylation sites is 1. The molecule has 0 saturated carbocycles. The fraction of sp³-hybridized carbons (Fsp3) is 0.222. The van der Waals surface area contributed by atoms with E-state index in [2.05, 4.69) is 27.9 Å². The number of halogens is 1. The third-order valence-corrected chi connectivity index (χ3v) is 4.50. The number of ether oxygens (including phenoxy) is 1. The second-order valence-corrected chi connectivity index (χ2v) is 6.46. The number of benzene rings is 2. The average Bonchev–Trinajstić information content (AvgIpc) is 2.56. The van der Waals surface area contributed by atoms with Crippen LogP contribution in [0.15, 0.2) is 48.5 Å². The quantitative estimate of drug-likeness (QED) is 0.673. The second-order valence-electron chi connectivity index (χ2n) is 5.29. The first-order valence-corrected chi connectivity index (χ1v) is 8.45. The number of carboxylic acid groups (broad SMARTS) is 1. The van der Waals surface area contributed by atoms with Gasteiger partial charge in [-0.2, -0.15) is 0 Å². The predicted octanol–water partition coefficient (Wildman–Crippen LogP) is 2.24. The molecule has 0 saturated heterocycles. The highest BCUT2D eigenvalue weighted by Gasteiger charge is 2.20. The van der Waals surface area contributed by atoms with Crippen molar-refractivity contribution >= 4 is 40.2 Å². The Kier molecular flexibility index (Phi) is 6.60. The summed E-state index contributed by atoms with van der Waals surface area (Å²) < 4.78 is 5.98. The molecule has 0 bridgehead atoms. The molecule has 24 heavy (non-hydrogen) atoms. The minimum atomic E-state index is -1.24. The third kappa shape index (κ3) is 5.23. The first-order valence-electron chi connectivity index (χ1n) is 7.37. The number of rotatable bonds is 7. The van der Waals surface area contributed by atoms with E-state index in [1.807, 2.05) is 30.3 Å². The number of hydrogen-bond donors (Lipinski definition) is 1. The van der Waals surface area contributed by atoms with Crippen molar-refractivity contribution in [1.82, 2.24) is 0 Å². The molecule has 126 valence electrons. The Morgan fingerprint density at radius 3 is 2.42 bits per heavy atom. The minimum absolute atomic E-state index is 0.313. The largest absolute Gasteiger partial charge is 0.550 e. The molecule has 0 unspecified atom stereocenters. The molecular weight excluding hydrogens is 421 g/mol. The summed E-state index contributed by atoms with van der Waals surface area (Å²) >= 11 is 2.12. The molecule has 2 aromatic rings. The van der Waals surface area contributed by atoms with Gasteiger partial charge in [0.05, 0.1) is 12.8 Å². The van der Waals surface area contributed by atoms with Crippen LogP contribution in [-0.4, -0.2) is 19.0 Å². The molecule has 2 aromatic carbocycles. The van der Waals surface area contributed by atoms with Gasteiger partial charge in [0.25, 0.3) is 0 Å². The van der Waals surface area contributed by atoms with Crippen molar-refractivity contribution in [1.29, 1.82) is 0 Å². The minimum Gasteiger partial charge on any atom is -0.550 e. The van der Waals surface area contributed by atoms with E-state index in [0.717, 1.165) is 9.13 Å². The van der Waals surface area contributed by atoms with Gasteiger partial charge in [-0.3, -0.25) is 4.79 Å². The topological polar surface area (TPSA) is 78.5 Å². The molecule has 0 radical (unpaired) electrons. The summed E-state index contributed by atoms with van der Waals surface area (Å²) in [4.78, 5) is 23.5. The SMILES string of the molecule is COc1ccc(C[C@H](CC(=O)[O-])C(=O)Nc2ccccc2I)cc1. The summed E-state index contributed by atoms with van der Waals surface area (Å²) in [5, 5.41) is 13.8. The summed E-state index contributed by atoms with van der Waals surface area (Å²) in [5.41, 5.74) is 1.53. The van der Waals surface area contributed by atoms with Gasteiger partial charge in [0.1, 0.15) is 5.75 Å². The Balaban J connectivity index is 2.12. The molecule has 0 spiro atoms. The summed E-state index contributed by atoms with van der Waals surface area (Å²) in [5.74, 6) is -1.58. The highest BCUT2D eigenvalue weighted by Crippen LogP contribution is 2.21. The number of carboxylic acids is 1. The van der Waals surface area contributed by atoms with Crippen LogP contribution in [0.3, 0.4) is 0 Å². The number of nitrogens with one attached hydrogen (secondary N) is 1. The number of hydrogen-bond acceptors (Lipinski definition) is 4. The molecule has 0 fully saturated rings. The van der Waals surface area contributed by atoms with Crippen molar-refractivity contribution in [3.8, 4) is 5.75 Å². The van der Waals surface area contributed by atoms with Gasteiger partial charge in [-0.25, -0.2) is 0 Å². The molecule has 0 aliphatic rings. The van der Waals surface area contributed by atoms with Gasteiger partial charge >= 0.3 is 0 Å². The smallest absolute Gasteiger partial charge is 0.228 e. The number of methoxy groups -OCH3 is 1.